The van der Waals surface area contributed by atoms with E-state index in [1.165, 1.54) is 31.4 Å². The predicted octanol–water partition coefficient (Wildman–Crippen LogP) is 2.72. The van der Waals surface area contributed by atoms with Crippen LogP contribution in [0.3, 0.4) is 0 Å². The molecule has 2 aromatic carbocycles. The number of nitrogens with zero attached hydrogens (tertiary/aromatic N) is 1. The van der Waals surface area contributed by atoms with Gasteiger partial charge in [-0.05, 0) is 18.2 Å². The highest BCUT2D eigenvalue weighted by molar-refractivity contribution is 7.90. The van der Waals surface area contributed by atoms with E-state index in [0.717, 1.165) is 18.2 Å². The number of nitro benzene ring substituents is 1. The maximum absolute atomic E-state index is 13.7. The molecule has 0 bridgehead atoms. The highest BCUT2D eigenvalue weighted by Crippen LogP contribution is 2.28. The Morgan fingerprint density at radius 1 is 1.23 bits per heavy atom. The van der Waals surface area contributed by atoms with Crippen molar-refractivity contribution in [3.8, 4) is 5.75 Å². The van der Waals surface area contributed by atoms with Crippen LogP contribution in [0.25, 0.3) is 0 Å². The fraction of sp³-hybridized carbons (Fsp3) is 0.143. The Bertz CT molecular complexity index is 820. The van der Waals surface area contributed by atoms with Gasteiger partial charge in [-0.2, -0.15) is 0 Å². The molecular weight excluding hydrogens is 313 g/mol. The van der Waals surface area contributed by atoms with Crippen molar-refractivity contribution in [1.82, 2.24) is 0 Å². The predicted molar refractivity (Wildman–Crippen MR) is 76.9 cm³/mol. The maximum Gasteiger partial charge on any atom is 0.270 e. The third kappa shape index (κ3) is 3.22. The Morgan fingerprint density at radius 3 is 2.50 bits per heavy atom. The third-order valence-electron chi connectivity index (χ3n) is 2.99. The molecule has 0 aliphatic rings. The van der Waals surface area contributed by atoms with Crippen molar-refractivity contribution in [3.05, 3.63) is 64.0 Å². The zero-order valence-electron chi connectivity index (χ0n) is 11.5. The lowest BCUT2D eigenvalue weighted by Gasteiger charge is -2.09. The Kier molecular flexibility index (Phi) is 4.41. The van der Waals surface area contributed by atoms with Gasteiger partial charge in [-0.1, -0.05) is 12.1 Å². The molecule has 6 nitrogen and oxygen atoms in total. The lowest BCUT2D eigenvalue weighted by atomic mass is 10.2. The van der Waals surface area contributed by atoms with Crippen molar-refractivity contribution in [2.24, 2.45) is 0 Å². The van der Waals surface area contributed by atoms with Gasteiger partial charge in [-0.15, -0.1) is 0 Å². The molecular formula is C14H12FNO5S. The summed E-state index contributed by atoms with van der Waals surface area (Å²) in [4.78, 5) is 9.70. The number of hydrogen-bond acceptors (Lipinski definition) is 5. The minimum absolute atomic E-state index is 0.0972. The van der Waals surface area contributed by atoms with E-state index in [2.05, 4.69) is 0 Å². The lowest BCUT2D eigenvalue weighted by molar-refractivity contribution is -0.384. The van der Waals surface area contributed by atoms with Crippen LogP contribution in [-0.2, 0) is 15.6 Å². The molecule has 0 N–H and O–H groups in total. The number of non-ortho nitro benzene ring substituents is 1. The topological polar surface area (TPSA) is 86.5 Å². The van der Waals surface area contributed by atoms with Gasteiger partial charge < -0.3 is 4.74 Å². The first-order chi connectivity index (χ1) is 10.3. The number of halogens is 1. The first kappa shape index (κ1) is 15.9. The summed E-state index contributed by atoms with van der Waals surface area (Å²) in [5, 5.41) is 10.8. The SMILES string of the molecule is COc1ccc([N+](=O)[O-])cc1CS(=O)(=O)c1ccccc1F. The quantitative estimate of drug-likeness (QED) is 0.623. The first-order valence-electron chi connectivity index (χ1n) is 6.14. The third-order valence-corrected chi connectivity index (χ3v) is 4.68. The van der Waals surface area contributed by atoms with Gasteiger partial charge in [-0.3, -0.25) is 10.1 Å². The lowest BCUT2D eigenvalue weighted by Crippen LogP contribution is -2.08. The molecule has 22 heavy (non-hydrogen) atoms. The Hall–Kier alpha value is -2.48. The van der Waals surface area contributed by atoms with Gasteiger partial charge in [0.2, 0.25) is 0 Å². The molecule has 0 heterocycles. The number of hydrogen-bond donors (Lipinski definition) is 0. The van der Waals surface area contributed by atoms with Gasteiger partial charge in [0.15, 0.2) is 9.84 Å². The summed E-state index contributed by atoms with van der Waals surface area (Å²) >= 11 is 0. The van der Waals surface area contributed by atoms with E-state index in [-0.39, 0.29) is 17.0 Å². The van der Waals surface area contributed by atoms with E-state index in [1.54, 1.807) is 0 Å². The second kappa shape index (κ2) is 6.10. The summed E-state index contributed by atoms with van der Waals surface area (Å²) in [6.07, 6.45) is 0. The van der Waals surface area contributed by atoms with Crippen molar-refractivity contribution < 1.29 is 22.5 Å². The molecule has 0 saturated carbocycles. The largest absolute Gasteiger partial charge is 0.496 e. The van der Waals surface area contributed by atoms with Crippen LogP contribution in [0.15, 0.2) is 47.4 Å². The maximum atomic E-state index is 13.7. The molecule has 0 atom stereocenters. The zero-order valence-corrected chi connectivity index (χ0v) is 12.3. The molecule has 2 rings (SSSR count). The van der Waals surface area contributed by atoms with Crippen LogP contribution in [0.5, 0.6) is 5.75 Å². The summed E-state index contributed by atoms with van der Waals surface area (Å²) in [5.41, 5.74) is -0.167. The molecule has 0 fully saturated rings. The standard InChI is InChI=1S/C14H12FNO5S/c1-21-13-7-6-11(16(17)18)8-10(13)9-22(19,20)14-5-3-2-4-12(14)15/h2-8H,9H2,1H3. The van der Waals surface area contributed by atoms with Crippen LogP contribution in [0.2, 0.25) is 0 Å². The number of benzene rings is 2. The molecule has 0 spiro atoms. The zero-order chi connectivity index (χ0) is 16.3. The van der Waals surface area contributed by atoms with Gasteiger partial charge in [0, 0.05) is 17.7 Å². The molecule has 8 heteroatoms. The summed E-state index contributed by atoms with van der Waals surface area (Å²) < 4.78 is 43.3. The van der Waals surface area contributed by atoms with Crippen molar-refractivity contribution in [2.75, 3.05) is 7.11 Å². The highest BCUT2D eigenvalue weighted by Gasteiger charge is 2.22. The number of nitro groups is 1. The van der Waals surface area contributed by atoms with Crippen LogP contribution in [0.1, 0.15) is 5.56 Å². The van der Waals surface area contributed by atoms with E-state index >= 15 is 0 Å². The van der Waals surface area contributed by atoms with Crippen LogP contribution >= 0.6 is 0 Å². The first-order valence-corrected chi connectivity index (χ1v) is 7.79. The van der Waals surface area contributed by atoms with Crippen LogP contribution in [0.4, 0.5) is 10.1 Å². The molecule has 0 aliphatic heterocycles. The smallest absolute Gasteiger partial charge is 0.270 e. The average molecular weight is 325 g/mol. The molecule has 0 saturated heterocycles. The van der Waals surface area contributed by atoms with Crippen molar-refractivity contribution >= 4 is 15.5 Å². The van der Waals surface area contributed by atoms with Gasteiger partial charge in [0.25, 0.3) is 5.69 Å². The number of ether oxygens (including phenoxy) is 1. The van der Waals surface area contributed by atoms with Gasteiger partial charge >= 0.3 is 0 Å². The Balaban J connectivity index is 2.47. The second-order valence-corrected chi connectivity index (χ2v) is 6.40. The monoisotopic (exact) mass is 325 g/mol. The molecule has 0 amide bonds. The normalized spacial score (nSPS) is 11.2. The molecule has 116 valence electrons. The summed E-state index contributed by atoms with van der Waals surface area (Å²) in [6, 6.07) is 8.59. The number of methoxy groups -OCH3 is 1. The van der Waals surface area contributed by atoms with Crippen molar-refractivity contribution in [1.29, 1.82) is 0 Å². The van der Waals surface area contributed by atoms with E-state index < -0.39 is 31.2 Å². The number of sulfone groups is 1. The summed E-state index contributed by atoms with van der Waals surface area (Å²) in [7, 11) is -2.68. The average Bonchev–Trinajstić information content (AvgIpc) is 2.47. The van der Waals surface area contributed by atoms with E-state index in [0.29, 0.717) is 0 Å². The minimum Gasteiger partial charge on any atom is -0.496 e. The molecule has 0 radical (unpaired) electrons. The molecule has 2 aromatic rings. The van der Waals surface area contributed by atoms with Gasteiger partial charge in [0.1, 0.15) is 16.5 Å². The summed E-state index contributed by atoms with van der Waals surface area (Å²) in [6.45, 7) is 0. The fourth-order valence-corrected chi connectivity index (χ4v) is 3.41. The van der Waals surface area contributed by atoms with E-state index in [4.69, 9.17) is 4.74 Å². The van der Waals surface area contributed by atoms with Crippen LogP contribution in [-0.4, -0.2) is 20.5 Å². The van der Waals surface area contributed by atoms with Gasteiger partial charge in [0.05, 0.1) is 17.8 Å². The Labute approximate surface area is 126 Å². The van der Waals surface area contributed by atoms with Gasteiger partial charge in [-0.25, -0.2) is 12.8 Å². The second-order valence-electron chi connectivity index (χ2n) is 4.44. The number of rotatable bonds is 5. The van der Waals surface area contributed by atoms with Crippen molar-refractivity contribution in [2.45, 2.75) is 10.6 Å². The van der Waals surface area contributed by atoms with Crippen LogP contribution < -0.4 is 4.74 Å². The molecule has 0 aliphatic carbocycles. The van der Waals surface area contributed by atoms with E-state index in [9.17, 15) is 22.9 Å². The summed E-state index contributed by atoms with van der Waals surface area (Å²) in [5.74, 6) is -1.28. The highest BCUT2D eigenvalue weighted by atomic mass is 32.2. The molecule has 0 unspecified atom stereocenters. The van der Waals surface area contributed by atoms with Crippen molar-refractivity contribution in [3.63, 3.8) is 0 Å². The van der Waals surface area contributed by atoms with E-state index in [1.807, 2.05) is 0 Å². The van der Waals surface area contributed by atoms with Crippen LogP contribution in [0, 0.1) is 15.9 Å². The fourth-order valence-electron chi connectivity index (χ4n) is 1.97. The molecule has 0 aromatic heterocycles. The Morgan fingerprint density at radius 2 is 1.91 bits per heavy atom. The minimum atomic E-state index is -4.00.